The zero-order valence-corrected chi connectivity index (χ0v) is 14.4. The first kappa shape index (κ1) is 16.9. The summed E-state index contributed by atoms with van der Waals surface area (Å²) in [6, 6.07) is 17.0. The second kappa shape index (κ2) is 7.77. The predicted molar refractivity (Wildman–Crippen MR) is 99.9 cm³/mol. The number of hydrogen-bond donors (Lipinski definition) is 2. The molecule has 0 atom stereocenters. The van der Waals surface area contributed by atoms with E-state index in [4.69, 9.17) is 11.6 Å². The molecule has 2 N–H and O–H groups in total. The van der Waals surface area contributed by atoms with Crippen LogP contribution < -0.4 is 5.43 Å². The van der Waals surface area contributed by atoms with Gasteiger partial charge >= 0.3 is 0 Å². The highest BCUT2D eigenvalue weighted by molar-refractivity contribution is 6.33. The van der Waals surface area contributed by atoms with Crippen LogP contribution in [0.1, 0.15) is 28.5 Å². The third-order valence-electron chi connectivity index (χ3n) is 3.76. The number of carbonyl (C=O) groups excluding carboxylic acids is 1. The highest BCUT2D eigenvalue weighted by Crippen LogP contribution is 2.18. The van der Waals surface area contributed by atoms with Gasteiger partial charge in [-0.3, -0.25) is 9.89 Å². The SMILES string of the molecule is CCc1ccc(-c2cc(C(=O)N/N=C/c3ccccc3Cl)[nH]n2)cc1. The Balaban J connectivity index is 1.67. The van der Waals surface area contributed by atoms with Crippen molar-refractivity contribution in [1.82, 2.24) is 15.6 Å². The number of H-pyrrole nitrogens is 1. The van der Waals surface area contributed by atoms with Crippen LogP contribution >= 0.6 is 11.6 Å². The van der Waals surface area contributed by atoms with E-state index in [1.165, 1.54) is 11.8 Å². The molecule has 0 bridgehead atoms. The molecule has 126 valence electrons. The Bertz CT molecular complexity index is 900. The molecule has 0 aliphatic carbocycles. The molecule has 3 aromatic rings. The topological polar surface area (TPSA) is 70.1 Å². The van der Waals surface area contributed by atoms with Crippen molar-refractivity contribution in [2.45, 2.75) is 13.3 Å². The Morgan fingerprint density at radius 3 is 2.72 bits per heavy atom. The minimum absolute atomic E-state index is 0.339. The van der Waals surface area contributed by atoms with E-state index in [1.807, 2.05) is 30.3 Å². The van der Waals surface area contributed by atoms with Gasteiger partial charge in [0.1, 0.15) is 5.69 Å². The molecule has 5 nitrogen and oxygen atoms in total. The van der Waals surface area contributed by atoms with Crippen LogP contribution in [0.3, 0.4) is 0 Å². The average molecular weight is 353 g/mol. The van der Waals surface area contributed by atoms with Crippen LogP contribution in [0, 0.1) is 0 Å². The largest absolute Gasteiger partial charge is 0.289 e. The summed E-state index contributed by atoms with van der Waals surface area (Å²) >= 11 is 6.03. The summed E-state index contributed by atoms with van der Waals surface area (Å²) in [6.45, 7) is 2.11. The molecular weight excluding hydrogens is 336 g/mol. The number of hydrogen-bond acceptors (Lipinski definition) is 3. The highest BCUT2D eigenvalue weighted by Gasteiger charge is 2.10. The Kier molecular flexibility index (Phi) is 5.26. The lowest BCUT2D eigenvalue weighted by Gasteiger charge is -1.99. The van der Waals surface area contributed by atoms with Gasteiger partial charge in [0.15, 0.2) is 0 Å². The van der Waals surface area contributed by atoms with Gasteiger partial charge in [-0.1, -0.05) is 61.0 Å². The van der Waals surface area contributed by atoms with Gasteiger partial charge < -0.3 is 0 Å². The molecule has 0 fully saturated rings. The zero-order valence-electron chi connectivity index (χ0n) is 13.7. The molecule has 0 spiro atoms. The second-order valence-corrected chi connectivity index (χ2v) is 5.85. The lowest BCUT2D eigenvalue weighted by atomic mass is 10.1. The summed E-state index contributed by atoms with van der Waals surface area (Å²) in [5.41, 5.74) is 6.44. The predicted octanol–water partition coefficient (Wildman–Crippen LogP) is 4.06. The maximum atomic E-state index is 12.1. The van der Waals surface area contributed by atoms with Gasteiger partial charge in [0.05, 0.1) is 11.9 Å². The Hall–Kier alpha value is -2.92. The van der Waals surface area contributed by atoms with Gasteiger partial charge in [-0.15, -0.1) is 0 Å². The fraction of sp³-hybridized carbons (Fsp3) is 0.105. The summed E-state index contributed by atoms with van der Waals surface area (Å²) in [6.07, 6.45) is 2.49. The van der Waals surface area contributed by atoms with Crippen molar-refractivity contribution in [3.05, 3.63) is 76.4 Å². The standard InChI is InChI=1S/C19H17ClN4O/c1-2-13-7-9-14(10-8-13)17-11-18(23-22-17)19(25)24-21-12-15-5-3-4-6-16(15)20/h3-12H,2H2,1H3,(H,22,23)(H,24,25)/b21-12+. The van der Waals surface area contributed by atoms with Crippen molar-refractivity contribution in [3.63, 3.8) is 0 Å². The van der Waals surface area contributed by atoms with Crippen molar-refractivity contribution in [3.8, 4) is 11.3 Å². The Labute approximate surface area is 150 Å². The number of aromatic nitrogens is 2. The number of hydrazone groups is 1. The van der Waals surface area contributed by atoms with E-state index in [1.54, 1.807) is 12.1 Å². The number of carbonyl (C=O) groups is 1. The summed E-state index contributed by atoms with van der Waals surface area (Å²) in [7, 11) is 0. The number of nitrogens with one attached hydrogen (secondary N) is 2. The van der Waals surface area contributed by atoms with Crippen LogP contribution in [-0.4, -0.2) is 22.3 Å². The molecule has 6 heteroatoms. The Morgan fingerprint density at radius 2 is 2.00 bits per heavy atom. The number of aryl methyl sites for hydroxylation is 1. The van der Waals surface area contributed by atoms with Crippen molar-refractivity contribution >= 4 is 23.7 Å². The molecular formula is C19H17ClN4O. The van der Waals surface area contributed by atoms with E-state index in [9.17, 15) is 4.79 Å². The molecule has 0 saturated heterocycles. The number of amides is 1. The van der Waals surface area contributed by atoms with Gasteiger partial charge in [0, 0.05) is 16.1 Å². The van der Waals surface area contributed by atoms with Crippen molar-refractivity contribution in [2.75, 3.05) is 0 Å². The quantitative estimate of drug-likeness (QED) is 0.537. The maximum Gasteiger partial charge on any atom is 0.289 e. The van der Waals surface area contributed by atoms with Crippen LogP contribution in [0.5, 0.6) is 0 Å². The fourth-order valence-electron chi connectivity index (χ4n) is 2.30. The Morgan fingerprint density at radius 1 is 1.24 bits per heavy atom. The van der Waals surface area contributed by atoms with Crippen molar-refractivity contribution < 1.29 is 4.79 Å². The van der Waals surface area contributed by atoms with Crippen molar-refractivity contribution in [1.29, 1.82) is 0 Å². The van der Waals surface area contributed by atoms with Crippen LogP contribution in [-0.2, 0) is 6.42 Å². The number of nitrogens with zero attached hydrogens (tertiary/aromatic N) is 2. The van der Waals surface area contributed by atoms with E-state index in [0.717, 1.165) is 17.5 Å². The molecule has 2 aromatic carbocycles. The first-order chi connectivity index (χ1) is 12.2. The average Bonchev–Trinajstić information content (AvgIpc) is 3.13. The smallest absolute Gasteiger partial charge is 0.272 e. The van der Waals surface area contributed by atoms with E-state index in [-0.39, 0.29) is 5.91 Å². The van der Waals surface area contributed by atoms with E-state index in [2.05, 4.69) is 39.8 Å². The normalized spacial score (nSPS) is 11.0. The van der Waals surface area contributed by atoms with E-state index in [0.29, 0.717) is 16.4 Å². The minimum atomic E-state index is -0.368. The molecule has 1 aromatic heterocycles. The molecule has 0 unspecified atom stereocenters. The van der Waals surface area contributed by atoms with Crippen LogP contribution in [0.25, 0.3) is 11.3 Å². The monoisotopic (exact) mass is 352 g/mol. The van der Waals surface area contributed by atoms with E-state index < -0.39 is 0 Å². The van der Waals surface area contributed by atoms with Crippen LogP contribution in [0.4, 0.5) is 0 Å². The lowest BCUT2D eigenvalue weighted by Crippen LogP contribution is -2.18. The van der Waals surface area contributed by atoms with Crippen LogP contribution in [0.15, 0.2) is 59.7 Å². The lowest BCUT2D eigenvalue weighted by molar-refractivity contribution is 0.0950. The molecule has 1 amide bonds. The van der Waals surface area contributed by atoms with Gasteiger partial charge in [-0.25, -0.2) is 5.43 Å². The van der Waals surface area contributed by atoms with E-state index >= 15 is 0 Å². The summed E-state index contributed by atoms with van der Waals surface area (Å²) < 4.78 is 0. The molecule has 0 aliphatic rings. The molecule has 0 saturated carbocycles. The first-order valence-electron chi connectivity index (χ1n) is 7.90. The molecule has 0 aliphatic heterocycles. The highest BCUT2D eigenvalue weighted by atomic mass is 35.5. The fourth-order valence-corrected chi connectivity index (χ4v) is 2.48. The van der Waals surface area contributed by atoms with Gasteiger partial charge in [-0.05, 0) is 24.1 Å². The van der Waals surface area contributed by atoms with Crippen molar-refractivity contribution in [2.24, 2.45) is 5.10 Å². The summed E-state index contributed by atoms with van der Waals surface area (Å²) in [5, 5.41) is 11.4. The van der Waals surface area contributed by atoms with Gasteiger partial charge in [0.2, 0.25) is 0 Å². The summed E-state index contributed by atoms with van der Waals surface area (Å²) in [5.74, 6) is -0.368. The summed E-state index contributed by atoms with van der Waals surface area (Å²) in [4.78, 5) is 12.1. The van der Waals surface area contributed by atoms with Gasteiger partial charge in [-0.2, -0.15) is 10.2 Å². The molecule has 1 heterocycles. The number of aromatic amines is 1. The second-order valence-electron chi connectivity index (χ2n) is 5.44. The molecule has 25 heavy (non-hydrogen) atoms. The number of rotatable bonds is 5. The number of benzene rings is 2. The van der Waals surface area contributed by atoms with Crippen LogP contribution in [0.2, 0.25) is 5.02 Å². The minimum Gasteiger partial charge on any atom is -0.272 e. The third kappa shape index (κ3) is 4.14. The van der Waals surface area contributed by atoms with Gasteiger partial charge in [0.25, 0.3) is 5.91 Å². The third-order valence-corrected chi connectivity index (χ3v) is 4.10. The zero-order chi connectivity index (χ0) is 17.6. The maximum absolute atomic E-state index is 12.1. The number of halogens is 1. The molecule has 3 rings (SSSR count). The molecule has 0 radical (unpaired) electrons. The first-order valence-corrected chi connectivity index (χ1v) is 8.28.